The third kappa shape index (κ3) is 5.00. The van der Waals surface area contributed by atoms with E-state index in [0.29, 0.717) is 24.3 Å². The number of rotatable bonds is 7. The summed E-state index contributed by atoms with van der Waals surface area (Å²) in [5, 5.41) is 4.00. The third-order valence-corrected chi connectivity index (χ3v) is 4.45. The molecule has 0 bridgehead atoms. The minimum absolute atomic E-state index is 0. The molecular weight excluding hydrogens is 331 g/mol. The maximum atomic E-state index is 13.3. The normalized spacial score (nSPS) is 15.0. The fourth-order valence-corrected chi connectivity index (χ4v) is 3.24. The first-order chi connectivity index (χ1) is 11.2. The van der Waals surface area contributed by atoms with E-state index in [0.717, 1.165) is 18.5 Å². The molecule has 3 rings (SSSR count). The van der Waals surface area contributed by atoms with Crippen LogP contribution in [0.4, 0.5) is 4.39 Å². The molecule has 0 unspecified atom stereocenters. The number of benzene rings is 1. The zero-order valence-corrected chi connectivity index (χ0v) is 14.5. The van der Waals surface area contributed by atoms with Gasteiger partial charge < -0.3 is 10.3 Å². The molecule has 0 saturated heterocycles. The lowest BCUT2D eigenvalue weighted by Crippen LogP contribution is -2.35. The third-order valence-electron chi connectivity index (χ3n) is 4.45. The van der Waals surface area contributed by atoms with Gasteiger partial charge >= 0.3 is 0 Å². The Morgan fingerprint density at radius 3 is 2.75 bits per heavy atom. The number of halogens is 2. The van der Waals surface area contributed by atoms with Gasteiger partial charge in [-0.2, -0.15) is 4.98 Å². The van der Waals surface area contributed by atoms with Crippen LogP contribution in [0, 0.1) is 5.82 Å². The average molecular weight is 355 g/mol. The second kappa shape index (κ2) is 9.11. The molecule has 0 aliphatic heterocycles. The molecule has 0 atom stereocenters. The van der Waals surface area contributed by atoms with Gasteiger partial charge in [-0.3, -0.25) is 4.90 Å². The average Bonchev–Trinajstić information content (AvgIpc) is 3.23. The second-order valence-electron chi connectivity index (χ2n) is 6.10. The Bertz CT molecular complexity index is 631. The van der Waals surface area contributed by atoms with Crippen molar-refractivity contribution in [1.82, 2.24) is 15.0 Å². The van der Waals surface area contributed by atoms with Crippen molar-refractivity contribution in [3.63, 3.8) is 0 Å². The molecule has 1 aliphatic rings. The van der Waals surface area contributed by atoms with Crippen LogP contribution in [0.3, 0.4) is 0 Å². The van der Waals surface area contributed by atoms with Gasteiger partial charge in [0, 0.05) is 12.6 Å². The van der Waals surface area contributed by atoms with Crippen molar-refractivity contribution in [3.8, 4) is 0 Å². The molecular formula is C17H24ClFN4O. The highest BCUT2D eigenvalue weighted by Gasteiger charge is 2.24. The van der Waals surface area contributed by atoms with Crippen LogP contribution in [0.2, 0.25) is 0 Å². The highest BCUT2D eigenvalue weighted by molar-refractivity contribution is 5.85. The predicted molar refractivity (Wildman–Crippen MR) is 92.2 cm³/mol. The Hall–Kier alpha value is -1.50. The van der Waals surface area contributed by atoms with E-state index in [1.54, 1.807) is 12.1 Å². The van der Waals surface area contributed by atoms with Crippen LogP contribution in [0.25, 0.3) is 0 Å². The second-order valence-corrected chi connectivity index (χ2v) is 6.10. The molecule has 5 nitrogen and oxygen atoms in total. The number of hydrogen-bond donors (Lipinski definition) is 1. The Kier molecular flexibility index (Phi) is 7.15. The van der Waals surface area contributed by atoms with Crippen LogP contribution in [-0.2, 0) is 19.5 Å². The molecule has 2 N–H and O–H groups in total. The van der Waals surface area contributed by atoms with Crippen LogP contribution in [0.15, 0.2) is 28.8 Å². The van der Waals surface area contributed by atoms with Gasteiger partial charge in [-0.15, -0.1) is 12.4 Å². The summed E-state index contributed by atoms with van der Waals surface area (Å²) in [6, 6.07) is 7.36. The van der Waals surface area contributed by atoms with E-state index < -0.39 is 0 Å². The van der Waals surface area contributed by atoms with E-state index in [1.165, 1.54) is 31.7 Å². The fourth-order valence-electron chi connectivity index (χ4n) is 3.24. The Balaban J connectivity index is 0.00000208. The molecule has 0 spiro atoms. The Morgan fingerprint density at radius 2 is 2.08 bits per heavy atom. The summed E-state index contributed by atoms with van der Waals surface area (Å²) in [5.41, 5.74) is 6.54. The van der Waals surface area contributed by atoms with Crippen LogP contribution < -0.4 is 5.73 Å². The van der Waals surface area contributed by atoms with Crippen LogP contribution in [-0.4, -0.2) is 27.6 Å². The van der Waals surface area contributed by atoms with Crippen molar-refractivity contribution in [2.45, 2.75) is 51.2 Å². The monoisotopic (exact) mass is 354 g/mol. The quantitative estimate of drug-likeness (QED) is 0.827. The first kappa shape index (κ1) is 18.8. The van der Waals surface area contributed by atoms with E-state index in [1.807, 2.05) is 6.07 Å². The van der Waals surface area contributed by atoms with Gasteiger partial charge in [0.05, 0.1) is 13.1 Å². The Morgan fingerprint density at radius 1 is 1.29 bits per heavy atom. The zero-order chi connectivity index (χ0) is 16.1. The number of nitrogens with zero attached hydrogens (tertiary/aromatic N) is 3. The van der Waals surface area contributed by atoms with E-state index in [9.17, 15) is 4.39 Å². The maximum absolute atomic E-state index is 13.3. The molecule has 24 heavy (non-hydrogen) atoms. The molecule has 132 valence electrons. The largest absolute Gasteiger partial charge is 0.338 e. The summed E-state index contributed by atoms with van der Waals surface area (Å²) in [7, 11) is 0. The summed E-state index contributed by atoms with van der Waals surface area (Å²) in [6.45, 7) is 1.78. The highest BCUT2D eigenvalue weighted by Crippen LogP contribution is 2.25. The predicted octanol–water partition coefficient (Wildman–Crippen LogP) is 3.08. The first-order valence-corrected chi connectivity index (χ1v) is 8.24. The summed E-state index contributed by atoms with van der Waals surface area (Å²) < 4.78 is 18.4. The van der Waals surface area contributed by atoms with Gasteiger partial charge in [-0.25, -0.2) is 4.39 Å². The summed E-state index contributed by atoms with van der Waals surface area (Å²) in [6.07, 6.45) is 5.74. The van der Waals surface area contributed by atoms with Gasteiger partial charge in [0.15, 0.2) is 5.82 Å². The molecule has 1 aliphatic carbocycles. The first-order valence-electron chi connectivity index (χ1n) is 8.24. The minimum Gasteiger partial charge on any atom is -0.338 e. The number of aromatic nitrogens is 2. The summed E-state index contributed by atoms with van der Waals surface area (Å²) in [5.74, 6) is 0.966. The number of nitrogens with two attached hydrogens (primary N) is 1. The van der Waals surface area contributed by atoms with Gasteiger partial charge in [0.25, 0.3) is 0 Å². The maximum Gasteiger partial charge on any atom is 0.240 e. The van der Waals surface area contributed by atoms with Crippen molar-refractivity contribution in [1.29, 1.82) is 0 Å². The molecule has 1 heterocycles. The standard InChI is InChI=1S/C17H23FN4O.ClH/c18-14-5-3-4-13(10-14)8-9-22(15-6-1-2-7-15)12-16-20-17(11-19)23-21-16;/h3-5,10,15H,1-2,6-9,11-12,19H2;1H. The minimum atomic E-state index is -0.180. The van der Waals surface area contributed by atoms with Gasteiger partial charge in [0.1, 0.15) is 5.82 Å². The molecule has 0 radical (unpaired) electrons. The molecule has 1 aromatic carbocycles. The molecule has 1 saturated carbocycles. The lowest BCUT2D eigenvalue weighted by molar-refractivity contribution is 0.185. The van der Waals surface area contributed by atoms with Gasteiger partial charge in [-0.1, -0.05) is 30.1 Å². The molecule has 1 fully saturated rings. The van der Waals surface area contributed by atoms with Crippen LogP contribution in [0.5, 0.6) is 0 Å². The van der Waals surface area contributed by atoms with E-state index >= 15 is 0 Å². The van der Waals surface area contributed by atoms with Crippen molar-refractivity contribution in [2.75, 3.05) is 6.54 Å². The summed E-state index contributed by atoms with van der Waals surface area (Å²) in [4.78, 5) is 6.70. The van der Waals surface area contributed by atoms with E-state index in [-0.39, 0.29) is 24.8 Å². The van der Waals surface area contributed by atoms with Gasteiger partial charge in [-0.05, 0) is 37.0 Å². The smallest absolute Gasteiger partial charge is 0.240 e. The van der Waals surface area contributed by atoms with Crippen molar-refractivity contribution >= 4 is 12.4 Å². The van der Waals surface area contributed by atoms with Crippen molar-refractivity contribution < 1.29 is 8.91 Å². The van der Waals surface area contributed by atoms with E-state index in [4.69, 9.17) is 10.3 Å². The summed E-state index contributed by atoms with van der Waals surface area (Å²) >= 11 is 0. The zero-order valence-electron chi connectivity index (χ0n) is 13.7. The van der Waals surface area contributed by atoms with E-state index in [2.05, 4.69) is 15.0 Å². The molecule has 2 aromatic rings. The topological polar surface area (TPSA) is 68.2 Å². The fraction of sp³-hybridized carbons (Fsp3) is 0.529. The van der Waals surface area contributed by atoms with Crippen molar-refractivity contribution in [3.05, 3.63) is 47.4 Å². The lowest BCUT2D eigenvalue weighted by atomic mass is 10.1. The van der Waals surface area contributed by atoms with Gasteiger partial charge in [0.2, 0.25) is 5.89 Å². The molecule has 7 heteroatoms. The van der Waals surface area contributed by atoms with Crippen LogP contribution >= 0.6 is 12.4 Å². The number of hydrogen-bond acceptors (Lipinski definition) is 5. The van der Waals surface area contributed by atoms with Crippen LogP contribution in [0.1, 0.15) is 43.0 Å². The molecule has 1 aromatic heterocycles. The molecule has 0 amide bonds. The lowest BCUT2D eigenvalue weighted by Gasteiger charge is -2.27. The van der Waals surface area contributed by atoms with Crippen molar-refractivity contribution in [2.24, 2.45) is 5.73 Å². The SMILES string of the molecule is Cl.NCc1nc(CN(CCc2cccc(F)c2)C2CCCC2)no1. The highest BCUT2D eigenvalue weighted by atomic mass is 35.5. The Labute approximate surface area is 147 Å².